The molecular weight excluding hydrogens is 216 g/mol. The highest BCUT2D eigenvalue weighted by Crippen LogP contribution is 2.30. The molecule has 100 valence electrons. The van der Waals surface area contributed by atoms with Gasteiger partial charge in [-0.1, -0.05) is 39.5 Å². The second-order valence-electron chi connectivity index (χ2n) is 5.04. The van der Waals surface area contributed by atoms with Crippen LogP contribution in [-0.2, 0) is 0 Å². The maximum absolute atomic E-state index is 11.4. The minimum atomic E-state index is -0.751. The maximum atomic E-state index is 11.4. The molecule has 0 bridgehead atoms. The van der Waals surface area contributed by atoms with Gasteiger partial charge in [-0.3, -0.25) is 0 Å². The molecule has 0 unspecified atom stereocenters. The molecule has 0 aromatic carbocycles. The molecule has 0 spiro atoms. The number of nitrogens with zero attached hydrogens (tertiary/aromatic N) is 1. The molecule has 2 N–H and O–H groups in total. The Bertz CT molecular complexity index is 236. The predicted octanol–water partition coefficient (Wildman–Crippen LogP) is 2.69. The zero-order valence-electron chi connectivity index (χ0n) is 11.2. The third-order valence-electron chi connectivity index (χ3n) is 3.76. The predicted molar refractivity (Wildman–Crippen MR) is 69.4 cm³/mol. The number of carboxylic acid groups (broad SMARTS) is 1. The van der Waals surface area contributed by atoms with E-state index in [4.69, 9.17) is 0 Å². The number of rotatable bonds is 6. The SMILES string of the molecule is CCCCC1(CCCC)CNCCN1C(=O)O. The van der Waals surface area contributed by atoms with Crippen LogP contribution in [0.3, 0.4) is 0 Å². The summed E-state index contributed by atoms with van der Waals surface area (Å²) in [6.45, 7) is 6.55. The Morgan fingerprint density at radius 1 is 1.29 bits per heavy atom. The Labute approximate surface area is 104 Å². The first-order chi connectivity index (χ1) is 8.16. The lowest BCUT2D eigenvalue weighted by atomic mass is 9.84. The summed E-state index contributed by atoms with van der Waals surface area (Å²) in [5.74, 6) is 0. The molecule has 17 heavy (non-hydrogen) atoms. The van der Waals surface area contributed by atoms with Gasteiger partial charge in [-0.15, -0.1) is 0 Å². The van der Waals surface area contributed by atoms with E-state index in [0.717, 1.165) is 51.6 Å². The van der Waals surface area contributed by atoms with Crippen molar-refractivity contribution in [2.75, 3.05) is 19.6 Å². The minimum absolute atomic E-state index is 0.157. The maximum Gasteiger partial charge on any atom is 0.407 e. The third kappa shape index (κ3) is 3.60. The monoisotopic (exact) mass is 242 g/mol. The Hall–Kier alpha value is -0.770. The molecule has 1 rings (SSSR count). The molecule has 0 saturated carbocycles. The number of carbonyl (C=O) groups is 1. The third-order valence-corrected chi connectivity index (χ3v) is 3.76. The molecule has 0 radical (unpaired) electrons. The molecule has 1 amide bonds. The van der Waals surface area contributed by atoms with Crippen LogP contribution in [0.4, 0.5) is 4.79 Å². The van der Waals surface area contributed by atoms with Crippen molar-refractivity contribution < 1.29 is 9.90 Å². The zero-order chi connectivity index (χ0) is 12.7. The average Bonchev–Trinajstić information content (AvgIpc) is 2.34. The van der Waals surface area contributed by atoms with Gasteiger partial charge in [-0.05, 0) is 12.8 Å². The van der Waals surface area contributed by atoms with Crippen LogP contribution >= 0.6 is 0 Å². The second-order valence-corrected chi connectivity index (χ2v) is 5.04. The normalized spacial score (nSPS) is 19.3. The van der Waals surface area contributed by atoms with E-state index in [1.807, 2.05) is 0 Å². The van der Waals surface area contributed by atoms with Gasteiger partial charge in [0.05, 0.1) is 5.54 Å². The molecule has 1 fully saturated rings. The molecule has 0 aliphatic carbocycles. The summed E-state index contributed by atoms with van der Waals surface area (Å²) in [4.78, 5) is 13.1. The van der Waals surface area contributed by atoms with Gasteiger partial charge in [0.1, 0.15) is 0 Å². The second kappa shape index (κ2) is 6.84. The van der Waals surface area contributed by atoms with E-state index in [0.29, 0.717) is 6.54 Å². The molecule has 0 atom stereocenters. The van der Waals surface area contributed by atoms with Gasteiger partial charge in [0.15, 0.2) is 0 Å². The van der Waals surface area contributed by atoms with Gasteiger partial charge in [0, 0.05) is 19.6 Å². The molecule has 4 nitrogen and oxygen atoms in total. The summed E-state index contributed by atoms with van der Waals surface area (Å²) in [6, 6.07) is 0. The number of unbranched alkanes of at least 4 members (excludes halogenated alkanes) is 2. The van der Waals surface area contributed by atoms with E-state index in [-0.39, 0.29) is 5.54 Å². The first kappa shape index (κ1) is 14.3. The van der Waals surface area contributed by atoms with Crippen LogP contribution in [0, 0.1) is 0 Å². The largest absolute Gasteiger partial charge is 0.465 e. The molecule has 0 aromatic heterocycles. The van der Waals surface area contributed by atoms with Gasteiger partial charge >= 0.3 is 6.09 Å². The van der Waals surface area contributed by atoms with E-state index in [9.17, 15) is 9.90 Å². The van der Waals surface area contributed by atoms with Gasteiger partial charge < -0.3 is 15.3 Å². The van der Waals surface area contributed by atoms with E-state index in [1.165, 1.54) is 0 Å². The first-order valence-corrected chi connectivity index (χ1v) is 6.87. The lowest BCUT2D eigenvalue weighted by molar-refractivity contribution is 0.0424. The smallest absolute Gasteiger partial charge is 0.407 e. The van der Waals surface area contributed by atoms with Gasteiger partial charge in [-0.2, -0.15) is 0 Å². The molecule has 1 aliphatic heterocycles. The van der Waals surface area contributed by atoms with Crippen molar-refractivity contribution in [1.82, 2.24) is 10.2 Å². The highest BCUT2D eigenvalue weighted by Gasteiger charge is 2.40. The molecule has 1 aliphatic rings. The average molecular weight is 242 g/mol. The van der Waals surface area contributed by atoms with Crippen molar-refractivity contribution in [3.63, 3.8) is 0 Å². The summed E-state index contributed by atoms with van der Waals surface area (Å²) in [5, 5.41) is 12.7. The summed E-state index contributed by atoms with van der Waals surface area (Å²) in [5.41, 5.74) is -0.157. The fourth-order valence-corrected chi connectivity index (χ4v) is 2.73. The highest BCUT2D eigenvalue weighted by molar-refractivity contribution is 5.66. The Kier molecular flexibility index (Phi) is 5.75. The quantitative estimate of drug-likeness (QED) is 0.753. The van der Waals surface area contributed by atoms with Crippen molar-refractivity contribution in [1.29, 1.82) is 0 Å². The van der Waals surface area contributed by atoms with E-state index in [2.05, 4.69) is 19.2 Å². The molecule has 1 saturated heterocycles. The van der Waals surface area contributed by atoms with Crippen LogP contribution in [-0.4, -0.2) is 41.3 Å². The van der Waals surface area contributed by atoms with E-state index >= 15 is 0 Å². The van der Waals surface area contributed by atoms with Crippen LogP contribution in [0.1, 0.15) is 52.4 Å². The lowest BCUT2D eigenvalue weighted by Crippen LogP contribution is -2.62. The van der Waals surface area contributed by atoms with Crippen LogP contribution in [0.5, 0.6) is 0 Å². The molecule has 1 heterocycles. The fourth-order valence-electron chi connectivity index (χ4n) is 2.73. The van der Waals surface area contributed by atoms with Crippen molar-refractivity contribution >= 4 is 6.09 Å². The summed E-state index contributed by atoms with van der Waals surface area (Å²) in [6.07, 6.45) is 5.69. The number of hydrogen-bond donors (Lipinski definition) is 2. The molecule has 0 aromatic rings. The topological polar surface area (TPSA) is 52.6 Å². The highest BCUT2D eigenvalue weighted by atomic mass is 16.4. The van der Waals surface area contributed by atoms with Gasteiger partial charge in [0.25, 0.3) is 0 Å². The van der Waals surface area contributed by atoms with Crippen LogP contribution in [0.25, 0.3) is 0 Å². The van der Waals surface area contributed by atoms with Gasteiger partial charge in [-0.25, -0.2) is 4.79 Å². The number of amides is 1. The first-order valence-electron chi connectivity index (χ1n) is 6.87. The Balaban J connectivity index is 2.77. The van der Waals surface area contributed by atoms with E-state index in [1.54, 1.807) is 4.90 Å². The Morgan fingerprint density at radius 3 is 2.35 bits per heavy atom. The summed E-state index contributed by atoms with van der Waals surface area (Å²) < 4.78 is 0. The lowest BCUT2D eigenvalue weighted by Gasteiger charge is -2.46. The van der Waals surface area contributed by atoms with Gasteiger partial charge in [0.2, 0.25) is 0 Å². The number of piperazine rings is 1. The van der Waals surface area contributed by atoms with E-state index < -0.39 is 6.09 Å². The summed E-state index contributed by atoms with van der Waals surface area (Å²) in [7, 11) is 0. The van der Waals surface area contributed by atoms with Crippen LogP contribution < -0.4 is 5.32 Å². The van der Waals surface area contributed by atoms with Crippen LogP contribution in [0.15, 0.2) is 0 Å². The minimum Gasteiger partial charge on any atom is -0.465 e. The van der Waals surface area contributed by atoms with Crippen molar-refractivity contribution in [3.05, 3.63) is 0 Å². The fraction of sp³-hybridized carbons (Fsp3) is 0.923. The van der Waals surface area contributed by atoms with Crippen molar-refractivity contribution in [2.45, 2.75) is 57.9 Å². The van der Waals surface area contributed by atoms with Crippen molar-refractivity contribution in [3.8, 4) is 0 Å². The zero-order valence-corrected chi connectivity index (χ0v) is 11.2. The number of hydrogen-bond acceptors (Lipinski definition) is 2. The van der Waals surface area contributed by atoms with Crippen LogP contribution in [0.2, 0.25) is 0 Å². The van der Waals surface area contributed by atoms with Crippen molar-refractivity contribution in [2.24, 2.45) is 0 Å². The summed E-state index contributed by atoms with van der Waals surface area (Å²) >= 11 is 0. The standard InChI is InChI=1S/C13H26N2O2/c1-3-5-7-13(8-6-4-2)11-14-9-10-15(13)12(16)17/h14H,3-11H2,1-2H3,(H,16,17). The molecule has 4 heteroatoms. The Morgan fingerprint density at radius 2 is 1.88 bits per heavy atom. The molecular formula is C13H26N2O2. The number of nitrogens with one attached hydrogen (secondary N) is 1.